The third kappa shape index (κ3) is 2.32. The van der Waals surface area contributed by atoms with Crippen molar-refractivity contribution < 1.29 is 8.78 Å². The first-order chi connectivity index (χ1) is 7.68. The van der Waals surface area contributed by atoms with Crippen LogP contribution in [0.2, 0.25) is 0 Å². The molecule has 0 spiro atoms. The van der Waals surface area contributed by atoms with Crippen molar-refractivity contribution in [2.24, 2.45) is 5.73 Å². The van der Waals surface area contributed by atoms with Crippen LogP contribution in [0.1, 0.15) is 24.4 Å². The van der Waals surface area contributed by atoms with E-state index in [9.17, 15) is 8.78 Å². The van der Waals surface area contributed by atoms with Crippen molar-refractivity contribution in [2.75, 3.05) is 18.0 Å². The summed E-state index contributed by atoms with van der Waals surface area (Å²) in [5.74, 6) is 0. The lowest BCUT2D eigenvalue weighted by Gasteiger charge is -2.24. The maximum Gasteiger partial charge on any atom is 0.255 e. The van der Waals surface area contributed by atoms with Crippen LogP contribution in [-0.2, 0) is 0 Å². The molecular formula is C12H16F2N2. The number of nitrogens with two attached hydrogens (primary N) is 1. The quantitative estimate of drug-likeness (QED) is 0.839. The van der Waals surface area contributed by atoms with E-state index < -0.39 is 6.43 Å². The Morgan fingerprint density at radius 1 is 1.38 bits per heavy atom. The first kappa shape index (κ1) is 11.3. The van der Waals surface area contributed by atoms with Gasteiger partial charge in [-0.1, -0.05) is 18.2 Å². The molecule has 0 saturated carbocycles. The minimum Gasteiger partial charge on any atom is -0.366 e. The number of nitrogens with zero attached hydrogens (tertiary/aromatic N) is 1. The second kappa shape index (κ2) is 4.78. The first-order valence-electron chi connectivity index (χ1n) is 5.56. The molecule has 0 aromatic heterocycles. The van der Waals surface area contributed by atoms with Crippen molar-refractivity contribution in [1.82, 2.24) is 0 Å². The van der Waals surface area contributed by atoms with Crippen molar-refractivity contribution in [2.45, 2.75) is 25.3 Å². The molecule has 1 heterocycles. The molecule has 88 valence electrons. The Balaban J connectivity index is 2.31. The minimum absolute atomic E-state index is 0.0288. The Labute approximate surface area is 94.0 Å². The molecule has 1 aliphatic heterocycles. The fraction of sp³-hybridized carbons (Fsp3) is 0.500. The molecular weight excluding hydrogens is 210 g/mol. The van der Waals surface area contributed by atoms with E-state index in [0.29, 0.717) is 6.54 Å². The van der Waals surface area contributed by atoms with E-state index >= 15 is 0 Å². The SMILES string of the molecule is NC1CCCN(CC(F)F)c2ccccc21. The Kier molecular flexibility index (Phi) is 3.39. The van der Waals surface area contributed by atoms with E-state index in [4.69, 9.17) is 5.73 Å². The maximum atomic E-state index is 12.5. The van der Waals surface area contributed by atoms with Crippen molar-refractivity contribution in [3.05, 3.63) is 29.8 Å². The van der Waals surface area contributed by atoms with Gasteiger partial charge in [0, 0.05) is 18.3 Å². The van der Waals surface area contributed by atoms with Crippen LogP contribution in [0, 0.1) is 0 Å². The smallest absolute Gasteiger partial charge is 0.255 e. The molecule has 1 aromatic rings. The molecule has 2 nitrogen and oxygen atoms in total. The van der Waals surface area contributed by atoms with Gasteiger partial charge in [-0.15, -0.1) is 0 Å². The lowest BCUT2D eigenvalue weighted by Crippen LogP contribution is -2.29. The van der Waals surface area contributed by atoms with Gasteiger partial charge in [-0.25, -0.2) is 8.78 Å². The van der Waals surface area contributed by atoms with Crippen molar-refractivity contribution in [1.29, 1.82) is 0 Å². The number of rotatable bonds is 2. The van der Waals surface area contributed by atoms with Gasteiger partial charge < -0.3 is 10.6 Å². The fourth-order valence-electron chi connectivity index (χ4n) is 2.22. The van der Waals surface area contributed by atoms with Gasteiger partial charge in [-0.3, -0.25) is 0 Å². The molecule has 1 aliphatic rings. The third-order valence-electron chi connectivity index (χ3n) is 2.98. The third-order valence-corrected chi connectivity index (χ3v) is 2.98. The van der Waals surface area contributed by atoms with E-state index in [1.165, 1.54) is 0 Å². The second-order valence-corrected chi connectivity index (χ2v) is 4.14. The van der Waals surface area contributed by atoms with Crippen LogP contribution in [0.4, 0.5) is 14.5 Å². The number of benzene rings is 1. The van der Waals surface area contributed by atoms with E-state index in [1.54, 1.807) is 4.90 Å². The van der Waals surface area contributed by atoms with Crippen molar-refractivity contribution in [3.63, 3.8) is 0 Å². The zero-order valence-electron chi connectivity index (χ0n) is 9.07. The Bertz CT molecular complexity index is 355. The van der Waals surface area contributed by atoms with Gasteiger partial charge in [0.25, 0.3) is 6.43 Å². The molecule has 0 bridgehead atoms. The normalized spacial score (nSPS) is 20.8. The summed E-state index contributed by atoms with van der Waals surface area (Å²) in [6.45, 7) is 0.457. The number of para-hydroxylation sites is 1. The van der Waals surface area contributed by atoms with Crippen LogP contribution in [0.5, 0.6) is 0 Å². The number of hydrogen-bond donors (Lipinski definition) is 1. The highest BCUT2D eigenvalue weighted by Crippen LogP contribution is 2.31. The molecule has 0 radical (unpaired) electrons. The molecule has 2 rings (SSSR count). The first-order valence-corrected chi connectivity index (χ1v) is 5.56. The predicted molar refractivity (Wildman–Crippen MR) is 60.8 cm³/mol. The van der Waals surface area contributed by atoms with E-state index in [0.717, 1.165) is 24.1 Å². The monoisotopic (exact) mass is 226 g/mol. The van der Waals surface area contributed by atoms with Crippen LogP contribution >= 0.6 is 0 Å². The molecule has 1 atom stereocenters. The molecule has 4 heteroatoms. The number of anilines is 1. The average Bonchev–Trinajstić information content (AvgIpc) is 2.40. The predicted octanol–water partition coefficient (Wildman–Crippen LogP) is 2.55. The molecule has 0 fully saturated rings. The average molecular weight is 226 g/mol. The van der Waals surface area contributed by atoms with Crippen molar-refractivity contribution >= 4 is 5.69 Å². The van der Waals surface area contributed by atoms with Gasteiger partial charge in [-0.2, -0.15) is 0 Å². The van der Waals surface area contributed by atoms with Gasteiger partial charge in [0.05, 0.1) is 6.54 Å². The van der Waals surface area contributed by atoms with E-state index in [-0.39, 0.29) is 12.6 Å². The molecule has 0 saturated heterocycles. The number of hydrogen-bond acceptors (Lipinski definition) is 2. The number of alkyl halides is 2. The number of halogens is 2. The molecule has 0 amide bonds. The van der Waals surface area contributed by atoms with Crippen molar-refractivity contribution in [3.8, 4) is 0 Å². The molecule has 16 heavy (non-hydrogen) atoms. The summed E-state index contributed by atoms with van der Waals surface area (Å²) < 4.78 is 24.9. The Hall–Kier alpha value is -1.16. The molecule has 1 aromatic carbocycles. The Morgan fingerprint density at radius 2 is 2.12 bits per heavy atom. The van der Waals surface area contributed by atoms with Gasteiger partial charge in [0.2, 0.25) is 0 Å². The van der Waals surface area contributed by atoms with Gasteiger partial charge in [0.1, 0.15) is 0 Å². The molecule has 0 aliphatic carbocycles. The van der Waals surface area contributed by atoms with Gasteiger partial charge in [0.15, 0.2) is 0 Å². The van der Waals surface area contributed by atoms with Crippen LogP contribution < -0.4 is 10.6 Å². The van der Waals surface area contributed by atoms with Crippen LogP contribution in [0.25, 0.3) is 0 Å². The molecule has 2 N–H and O–H groups in total. The van der Waals surface area contributed by atoms with Crippen LogP contribution in [0.15, 0.2) is 24.3 Å². The standard InChI is InChI=1S/C12H16F2N2/c13-12(14)8-16-7-3-5-10(15)9-4-1-2-6-11(9)16/h1-2,4,6,10,12H,3,5,7-8,15H2. The zero-order valence-corrected chi connectivity index (χ0v) is 9.07. The highest BCUT2D eigenvalue weighted by Gasteiger charge is 2.21. The Morgan fingerprint density at radius 3 is 2.88 bits per heavy atom. The summed E-state index contributed by atoms with van der Waals surface area (Å²) in [6.07, 6.45) is -0.582. The summed E-state index contributed by atoms with van der Waals surface area (Å²) in [7, 11) is 0. The lowest BCUT2D eigenvalue weighted by molar-refractivity contribution is 0.155. The maximum absolute atomic E-state index is 12.5. The van der Waals surface area contributed by atoms with Gasteiger partial charge >= 0.3 is 0 Å². The summed E-state index contributed by atoms with van der Waals surface area (Å²) in [5, 5.41) is 0. The summed E-state index contributed by atoms with van der Waals surface area (Å²) in [6, 6.07) is 7.56. The van der Waals surface area contributed by atoms with E-state index in [1.807, 2.05) is 24.3 Å². The topological polar surface area (TPSA) is 29.3 Å². The highest BCUT2D eigenvalue weighted by atomic mass is 19.3. The fourth-order valence-corrected chi connectivity index (χ4v) is 2.22. The van der Waals surface area contributed by atoms with E-state index in [2.05, 4.69) is 0 Å². The zero-order chi connectivity index (χ0) is 11.5. The second-order valence-electron chi connectivity index (χ2n) is 4.14. The summed E-state index contributed by atoms with van der Waals surface area (Å²) in [5.41, 5.74) is 7.88. The molecule has 1 unspecified atom stereocenters. The van der Waals surface area contributed by atoms with Crippen LogP contribution in [-0.4, -0.2) is 19.5 Å². The van der Waals surface area contributed by atoms with Crippen LogP contribution in [0.3, 0.4) is 0 Å². The van der Waals surface area contributed by atoms with Gasteiger partial charge in [-0.05, 0) is 24.5 Å². The summed E-state index contributed by atoms with van der Waals surface area (Å²) >= 11 is 0. The highest BCUT2D eigenvalue weighted by molar-refractivity contribution is 5.55. The largest absolute Gasteiger partial charge is 0.366 e. The number of fused-ring (bicyclic) bond motifs is 1. The summed E-state index contributed by atoms with van der Waals surface area (Å²) in [4.78, 5) is 1.74. The lowest BCUT2D eigenvalue weighted by atomic mass is 10.0. The minimum atomic E-state index is -2.30.